The highest BCUT2D eigenvalue weighted by Crippen LogP contribution is 2.34. The van der Waals surface area contributed by atoms with Crippen molar-refractivity contribution in [3.8, 4) is 16.9 Å². The van der Waals surface area contributed by atoms with Crippen LogP contribution in [0, 0.1) is 0 Å². The normalized spacial score (nSPS) is 11.3. The van der Waals surface area contributed by atoms with Gasteiger partial charge >= 0.3 is 0 Å². The quantitative estimate of drug-likeness (QED) is 0.339. The lowest BCUT2D eigenvalue weighted by Crippen LogP contribution is -2.28. The molecule has 2 aromatic carbocycles. The monoisotopic (exact) mass is 466 g/mol. The number of aromatic nitrogens is 2. The fraction of sp³-hybridized carbons (Fsp3) is 0.200. The molecule has 2 heterocycles. The van der Waals surface area contributed by atoms with Gasteiger partial charge in [0.1, 0.15) is 5.82 Å². The highest BCUT2D eigenvalue weighted by atomic mass is 35.5. The highest BCUT2D eigenvalue weighted by Gasteiger charge is 2.16. The molecule has 7 heteroatoms. The number of hydrogen-bond acceptors (Lipinski definition) is 4. The third-order valence-corrected chi connectivity index (χ3v) is 5.75. The SMILES string of the molecule is CC(C)NCCNc1cc2c(ccc(=O)n2-c2ccccc2Cl)c(-c2ccccc2Cl)n1. The molecule has 0 bridgehead atoms. The lowest BCUT2D eigenvalue weighted by atomic mass is 10.1. The first-order chi connectivity index (χ1) is 15.5. The molecule has 0 aliphatic carbocycles. The summed E-state index contributed by atoms with van der Waals surface area (Å²) in [4.78, 5) is 17.8. The number of fused-ring (bicyclic) bond motifs is 1. The number of hydrogen-bond donors (Lipinski definition) is 2. The molecular formula is C25H24Cl2N4O. The summed E-state index contributed by atoms with van der Waals surface area (Å²) in [5.74, 6) is 0.657. The van der Waals surface area contributed by atoms with Gasteiger partial charge in [-0.1, -0.05) is 67.4 Å². The standard InChI is InChI=1S/C25H24Cl2N4O/c1-16(2)28-13-14-29-23-15-22-18(25(30-23)17-7-3-4-8-19(17)26)11-12-24(32)31(22)21-10-6-5-9-20(21)27/h3-12,15-16,28H,13-14H2,1-2H3,(H,29,30). The van der Waals surface area contributed by atoms with Gasteiger partial charge in [0.2, 0.25) is 0 Å². The molecular weight excluding hydrogens is 443 g/mol. The van der Waals surface area contributed by atoms with Crippen molar-refractivity contribution in [2.75, 3.05) is 18.4 Å². The topological polar surface area (TPSA) is 58.9 Å². The second-order valence-electron chi connectivity index (χ2n) is 7.76. The zero-order chi connectivity index (χ0) is 22.7. The summed E-state index contributed by atoms with van der Waals surface area (Å²) in [6, 6.07) is 20.5. The molecule has 2 N–H and O–H groups in total. The predicted molar refractivity (Wildman–Crippen MR) is 134 cm³/mol. The Morgan fingerprint density at radius 3 is 2.38 bits per heavy atom. The van der Waals surface area contributed by atoms with E-state index in [-0.39, 0.29) is 5.56 Å². The van der Waals surface area contributed by atoms with Crippen molar-refractivity contribution in [2.45, 2.75) is 19.9 Å². The van der Waals surface area contributed by atoms with Crippen LogP contribution in [-0.2, 0) is 0 Å². The summed E-state index contributed by atoms with van der Waals surface area (Å²) in [6.45, 7) is 5.67. The molecule has 0 radical (unpaired) electrons. The zero-order valence-electron chi connectivity index (χ0n) is 17.9. The van der Waals surface area contributed by atoms with Gasteiger partial charge in [0.05, 0.1) is 21.9 Å². The van der Waals surface area contributed by atoms with E-state index in [1.807, 2.05) is 48.5 Å². The Morgan fingerprint density at radius 1 is 0.938 bits per heavy atom. The van der Waals surface area contributed by atoms with Crippen molar-refractivity contribution in [3.63, 3.8) is 0 Å². The van der Waals surface area contributed by atoms with Crippen LogP contribution in [0.1, 0.15) is 13.8 Å². The van der Waals surface area contributed by atoms with Crippen molar-refractivity contribution in [1.82, 2.24) is 14.9 Å². The van der Waals surface area contributed by atoms with Crippen LogP contribution >= 0.6 is 23.2 Å². The van der Waals surface area contributed by atoms with Crippen LogP contribution in [0.2, 0.25) is 10.0 Å². The molecule has 4 aromatic rings. The van der Waals surface area contributed by atoms with Crippen LogP contribution in [0.15, 0.2) is 71.5 Å². The van der Waals surface area contributed by atoms with Crippen molar-refractivity contribution < 1.29 is 0 Å². The second kappa shape index (κ2) is 9.74. The maximum absolute atomic E-state index is 13.0. The van der Waals surface area contributed by atoms with Crippen molar-refractivity contribution in [1.29, 1.82) is 0 Å². The maximum Gasteiger partial charge on any atom is 0.255 e. The van der Waals surface area contributed by atoms with E-state index >= 15 is 0 Å². The van der Waals surface area contributed by atoms with Crippen LogP contribution in [0.5, 0.6) is 0 Å². The Hall–Kier alpha value is -2.86. The van der Waals surface area contributed by atoms with E-state index in [0.717, 1.165) is 17.5 Å². The van der Waals surface area contributed by atoms with Gasteiger partial charge in [-0.05, 0) is 24.3 Å². The Morgan fingerprint density at radius 2 is 1.66 bits per heavy atom. The van der Waals surface area contributed by atoms with Crippen LogP contribution < -0.4 is 16.2 Å². The minimum Gasteiger partial charge on any atom is -0.369 e. The molecule has 0 atom stereocenters. The second-order valence-corrected chi connectivity index (χ2v) is 8.58. The summed E-state index contributed by atoms with van der Waals surface area (Å²) in [7, 11) is 0. The highest BCUT2D eigenvalue weighted by molar-refractivity contribution is 6.33. The summed E-state index contributed by atoms with van der Waals surface area (Å²) in [5.41, 5.74) is 2.65. The minimum absolute atomic E-state index is 0.172. The van der Waals surface area contributed by atoms with Crippen LogP contribution in [0.4, 0.5) is 5.82 Å². The van der Waals surface area contributed by atoms with E-state index in [9.17, 15) is 4.79 Å². The summed E-state index contributed by atoms with van der Waals surface area (Å²) >= 11 is 13.0. The Kier molecular flexibility index (Phi) is 6.80. The molecule has 0 aliphatic heterocycles. The van der Waals surface area contributed by atoms with E-state index in [0.29, 0.717) is 45.3 Å². The van der Waals surface area contributed by atoms with Crippen LogP contribution in [-0.4, -0.2) is 28.7 Å². The summed E-state index contributed by atoms with van der Waals surface area (Å²) in [5, 5.41) is 8.64. The fourth-order valence-corrected chi connectivity index (χ4v) is 4.07. The molecule has 0 unspecified atom stereocenters. The fourth-order valence-electron chi connectivity index (χ4n) is 3.62. The number of nitrogens with one attached hydrogen (secondary N) is 2. The molecule has 164 valence electrons. The first-order valence-electron chi connectivity index (χ1n) is 10.5. The lowest BCUT2D eigenvalue weighted by molar-refractivity contribution is 0.602. The van der Waals surface area contributed by atoms with Gasteiger partial charge in [-0.15, -0.1) is 0 Å². The van der Waals surface area contributed by atoms with E-state index in [2.05, 4.69) is 24.5 Å². The van der Waals surface area contributed by atoms with Gasteiger partial charge in [0.25, 0.3) is 5.56 Å². The van der Waals surface area contributed by atoms with E-state index < -0.39 is 0 Å². The maximum atomic E-state index is 13.0. The Labute approximate surface area is 197 Å². The lowest BCUT2D eigenvalue weighted by Gasteiger charge is -2.17. The van der Waals surface area contributed by atoms with Crippen molar-refractivity contribution >= 4 is 39.9 Å². The van der Waals surface area contributed by atoms with Gasteiger partial charge in [0, 0.05) is 47.2 Å². The number of rotatable bonds is 7. The number of halogens is 2. The number of anilines is 1. The van der Waals surface area contributed by atoms with E-state index in [1.165, 1.54) is 6.07 Å². The minimum atomic E-state index is -0.172. The van der Waals surface area contributed by atoms with Crippen LogP contribution in [0.25, 0.3) is 27.8 Å². The summed E-state index contributed by atoms with van der Waals surface area (Å²) < 4.78 is 1.62. The van der Waals surface area contributed by atoms with Gasteiger partial charge in [0.15, 0.2) is 0 Å². The van der Waals surface area contributed by atoms with Crippen LogP contribution in [0.3, 0.4) is 0 Å². The average Bonchev–Trinajstić information content (AvgIpc) is 2.77. The smallest absolute Gasteiger partial charge is 0.255 e. The first kappa shape index (κ1) is 22.3. The van der Waals surface area contributed by atoms with Gasteiger partial charge in [-0.3, -0.25) is 9.36 Å². The molecule has 0 saturated carbocycles. The molecule has 32 heavy (non-hydrogen) atoms. The Bertz CT molecular complexity index is 1320. The van der Waals surface area contributed by atoms with Gasteiger partial charge in [-0.25, -0.2) is 4.98 Å². The molecule has 0 saturated heterocycles. The largest absolute Gasteiger partial charge is 0.369 e. The first-order valence-corrected chi connectivity index (χ1v) is 11.2. The third kappa shape index (κ3) is 4.65. The number of nitrogens with zero attached hydrogens (tertiary/aromatic N) is 2. The average molecular weight is 467 g/mol. The molecule has 5 nitrogen and oxygen atoms in total. The van der Waals surface area contributed by atoms with Crippen molar-refractivity contribution in [2.24, 2.45) is 0 Å². The third-order valence-electron chi connectivity index (χ3n) is 5.10. The van der Waals surface area contributed by atoms with E-state index in [4.69, 9.17) is 28.2 Å². The zero-order valence-corrected chi connectivity index (χ0v) is 19.4. The number of para-hydroxylation sites is 1. The predicted octanol–water partition coefficient (Wildman–Crippen LogP) is 5.77. The Balaban J connectivity index is 1.94. The number of pyridine rings is 2. The molecule has 0 aliphatic rings. The number of benzene rings is 2. The molecule has 2 aromatic heterocycles. The molecule has 0 fully saturated rings. The molecule has 0 amide bonds. The van der Waals surface area contributed by atoms with E-state index in [1.54, 1.807) is 16.7 Å². The molecule has 0 spiro atoms. The van der Waals surface area contributed by atoms with Crippen molar-refractivity contribution in [3.05, 3.63) is 87.1 Å². The van der Waals surface area contributed by atoms with Gasteiger partial charge in [-0.2, -0.15) is 0 Å². The summed E-state index contributed by atoms with van der Waals surface area (Å²) in [6.07, 6.45) is 0. The molecule has 4 rings (SSSR count). The van der Waals surface area contributed by atoms with Gasteiger partial charge < -0.3 is 10.6 Å².